The summed E-state index contributed by atoms with van der Waals surface area (Å²) in [5.41, 5.74) is 0.763. The monoisotopic (exact) mass is 370 g/mol. The van der Waals surface area contributed by atoms with Gasteiger partial charge in [-0.2, -0.15) is 4.98 Å². The van der Waals surface area contributed by atoms with Crippen LogP contribution in [0.1, 0.15) is 32.0 Å². The Hall–Kier alpha value is -2.68. The fraction of sp³-hybridized carbons (Fsp3) is 0.353. The van der Waals surface area contributed by atoms with Gasteiger partial charge in [0.05, 0.1) is 16.7 Å². The highest BCUT2D eigenvalue weighted by molar-refractivity contribution is 7.98. The zero-order valence-corrected chi connectivity index (χ0v) is 15.4. The van der Waals surface area contributed by atoms with E-state index < -0.39 is 0 Å². The second-order valence-electron chi connectivity index (χ2n) is 5.84. The Morgan fingerprint density at radius 2 is 2.04 bits per heavy atom. The lowest BCUT2D eigenvalue weighted by Crippen LogP contribution is -2.23. The van der Waals surface area contributed by atoms with Crippen LogP contribution in [0.2, 0.25) is 0 Å². The fourth-order valence-electron chi connectivity index (χ4n) is 2.87. The molecule has 4 aromatic rings. The number of para-hydroxylation sites is 1. The normalized spacial score (nSPS) is 11.6. The Morgan fingerprint density at radius 1 is 1.19 bits per heavy atom. The van der Waals surface area contributed by atoms with E-state index in [1.165, 1.54) is 11.8 Å². The standard InChI is InChI=1S/C17H18N6O2S/c1-3-9-22-15(24)11-7-5-6-8-12(11)23-16(22)19-20-17(23)26-10-13-18-14(4-2)25-21-13/h5-8H,3-4,9-10H2,1-2H3. The zero-order valence-electron chi connectivity index (χ0n) is 14.5. The summed E-state index contributed by atoms with van der Waals surface area (Å²) in [5.74, 6) is 2.31. The highest BCUT2D eigenvalue weighted by Gasteiger charge is 2.17. The molecule has 0 spiro atoms. The van der Waals surface area contributed by atoms with Gasteiger partial charge in [0.15, 0.2) is 11.0 Å². The van der Waals surface area contributed by atoms with Crippen molar-refractivity contribution in [1.29, 1.82) is 0 Å². The minimum absolute atomic E-state index is 0.0374. The highest BCUT2D eigenvalue weighted by atomic mass is 32.2. The van der Waals surface area contributed by atoms with Crippen LogP contribution in [0.4, 0.5) is 0 Å². The summed E-state index contributed by atoms with van der Waals surface area (Å²) in [5, 5.41) is 13.9. The number of benzene rings is 1. The Morgan fingerprint density at radius 3 is 2.81 bits per heavy atom. The Kier molecular flexibility index (Phi) is 4.46. The summed E-state index contributed by atoms with van der Waals surface area (Å²) in [7, 11) is 0. The quantitative estimate of drug-likeness (QED) is 0.482. The van der Waals surface area contributed by atoms with E-state index in [1.807, 2.05) is 42.5 Å². The summed E-state index contributed by atoms with van der Waals surface area (Å²) in [6.45, 7) is 4.60. The summed E-state index contributed by atoms with van der Waals surface area (Å²) in [4.78, 5) is 17.1. The van der Waals surface area contributed by atoms with Crippen LogP contribution in [0.3, 0.4) is 0 Å². The fourth-order valence-corrected chi connectivity index (χ4v) is 3.66. The second-order valence-corrected chi connectivity index (χ2v) is 6.78. The molecule has 0 unspecified atom stereocenters. The lowest BCUT2D eigenvalue weighted by Gasteiger charge is -2.10. The molecule has 4 rings (SSSR count). The van der Waals surface area contributed by atoms with Crippen LogP contribution in [0.15, 0.2) is 38.7 Å². The van der Waals surface area contributed by atoms with Gasteiger partial charge in [-0.3, -0.25) is 13.8 Å². The first-order valence-corrected chi connectivity index (χ1v) is 9.52. The van der Waals surface area contributed by atoms with E-state index in [4.69, 9.17) is 4.52 Å². The number of hydrogen-bond acceptors (Lipinski definition) is 7. The van der Waals surface area contributed by atoms with Crippen molar-refractivity contribution in [1.82, 2.24) is 29.3 Å². The molecule has 0 atom stereocenters. The third-order valence-electron chi connectivity index (χ3n) is 4.07. The third-order valence-corrected chi connectivity index (χ3v) is 4.99. The molecule has 0 saturated heterocycles. The van der Waals surface area contributed by atoms with E-state index in [-0.39, 0.29) is 5.56 Å². The first-order valence-electron chi connectivity index (χ1n) is 8.53. The largest absolute Gasteiger partial charge is 0.339 e. The maximum atomic E-state index is 12.8. The van der Waals surface area contributed by atoms with Gasteiger partial charge in [0.25, 0.3) is 5.56 Å². The molecule has 0 saturated carbocycles. The van der Waals surface area contributed by atoms with Gasteiger partial charge in [0, 0.05) is 13.0 Å². The van der Waals surface area contributed by atoms with Gasteiger partial charge in [0.2, 0.25) is 11.7 Å². The number of fused-ring (bicyclic) bond motifs is 3. The van der Waals surface area contributed by atoms with Gasteiger partial charge in [-0.25, -0.2) is 0 Å². The average molecular weight is 370 g/mol. The minimum atomic E-state index is -0.0374. The van der Waals surface area contributed by atoms with E-state index in [9.17, 15) is 4.79 Å². The molecular formula is C17H18N6O2S. The smallest absolute Gasteiger partial charge is 0.262 e. The number of rotatable bonds is 6. The van der Waals surface area contributed by atoms with Crippen LogP contribution >= 0.6 is 11.8 Å². The maximum Gasteiger partial charge on any atom is 0.262 e. The lowest BCUT2D eigenvalue weighted by atomic mass is 10.2. The Bertz CT molecular complexity index is 1130. The highest BCUT2D eigenvalue weighted by Crippen LogP contribution is 2.24. The first kappa shape index (κ1) is 16.8. The molecule has 0 amide bonds. The summed E-state index contributed by atoms with van der Waals surface area (Å²) in [6, 6.07) is 7.53. The molecule has 8 nitrogen and oxygen atoms in total. The maximum absolute atomic E-state index is 12.8. The van der Waals surface area contributed by atoms with E-state index in [0.717, 1.165) is 11.9 Å². The number of thioether (sulfide) groups is 1. The molecule has 0 N–H and O–H groups in total. The van der Waals surface area contributed by atoms with Crippen LogP contribution in [-0.2, 0) is 18.7 Å². The third kappa shape index (κ3) is 2.78. The van der Waals surface area contributed by atoms with Crippen molar-refractivity contribution in [2.24, 2.45) is 0 Å². The molecule has 9 heteroatoms. The van der Waals surface area contributed by atoms with Crippen molar-refractivity contribution in [3.05, 3.63) is 46.3 Å². The van der Waals surface area contributed by atoms with E-state index >= 15 is 0 Å². The van der Waals surface area contributed by atoms with E-state index in [1.54, 1.807) is 4.57 Å². The SMILES string of the molecule is CCCn1c(=O)c2ccccc2n2c(SCc3noc(CC)n3)nnc12. The number of aryl methyl sites for hydroxylation is 2. The van der Waals surface area contributed by atoms with Crippen LogP contribution < -0.4 is 5.56 Å². The molecule has 134 valence electrons. The van der Waals surface area contributed by atoms with Crippen LogP contribution in [0, 0.1) is 0 Å². The van der Waals surface area contributed by atoms with Gasteiger partial charge < -0.3 is 4.52 Å². The molecule has 1 aromatic carbocycles. The Labute approximate surface area is 153 Å². The minimum Gasteiger partial charge on any atom is -0.339 e. The van der Waals surface area contributed by atoms with Crippen molar-refractivity contribution in [3.63, 3.8) is 0 Å². The van der Waals surface area contributed by atoms with Crippen molar-refractivity contribution in [3.8, 4) is 0 Å². The summed E-state index contributed by atoms with van der Waals surface area (Å²) < 4.78 is 8.76. The summed E-state index contributed by atoms with van der Waals surface area (Å²) in [6.07, 6.45) is 1.55. The molecule has 26 heavy (non-hydrogen) atoms. The van der Waals surface area contributed by atoms with Gasteiger partial charge in [-0.15, -0.1) is 10.2 Å². The van der Waals surface area contributed by atoms with E-state index in [2.05, 4.69) is 20.3 Å². The van der Waals surface area contributed by atoms with Gasteiger partial charge in [-0.1, -0.05) is 42.9 Å². The molecular weight excluding hydrogens is 352 g/mol. The number of nitrogens with zero attached hydrogens (tertiary/aromatic N) is 6. The molecule has 0 fully saturated rings. The average Bonchev–Trinajstić information content (AvgIpc) is 3.30. The molecule has 0 aliphatic carbocycles. The molecule has 3 heterocycles. The van der Waals surface area contributed by atoms with Crippen LogP contribution in [-0.4, -0.2) is 29.3 Å². The van der Waals surface area contributed by atoms with Gasteiger partial charge in [-0.05, 0) is 18.6 Å². The summed E-state index contributed by atoms with van der Waals surface area (Å²) >= 11 is 1.47. The molecule has 3 aromatic heterocycles. The first-order chi connectivity index (χ1) is 12.7. The van der Waals surface area contributed by atoms with Gasteiger partial charge in [0.1, 0.15) is 0 Å². The molecule has 0 bridgehead atoms. The predicted octanol–water partition coefficient (Wildman–Crippen LogP) is 2.69. The van der Waals surface area contributed by atoms with Gasteiger partial charge >= 0.3 is 0 Å². The lowest BCUT2D eigenvalue weighted by molar-refractivity contribution is 0.378. The molecule has 0 aliphatic rings. The van der Waals surface area contributed by atoms with Crippen molar-refractivity contribution in [2.45, 2.75) is 44.1 Å². The Balaban J connectivity index is 1.82. The molecule has 0 radical (unpaired) electrons. The van der Waals surface area contributed by atoms with Crippen molar-refractivity contribution < 1.29 is 4.52 Å². The second kappa shape index (κ2) is 6.91. The van der Waals surface area contributed by atoms with Crippen molar-refractivity contribution in [2.75, 3.05) is 0 Å². The van der Waals surface area contributed by atoms with Crippen molar-refractivity contribution >= 4 is 28.4 Å². The van der Waals surface area contributed by atoms with E-state index in [0.29, 0.717) is 46.8 Å². The topological polar surface area (TPSA) is 91.1 Å². The number of aromatic nitrogens is 6. The zero-order chi connectivity index (χ0) is 18.1. The van der Waals surface area contributed by atoms with Crippen LogP contribution in [0.5, 0.6) is 0 Å². The van der Waals surface area contributed by atoms with Crippen LogP contribution in [0.25, 0.3) is 16.7 Å². The number of hydrogen-bond donors (Lipinski definition) is 0. The predicted molar refractivity (Wildman–Crippen MR) is 98.3 cm³/mol. The molecule has 0 aliphatic heterocycles.